The van der Waals surface area contributed by atoms with Crippen LogP contribution in [0, 0.1) is 23.2 Å². The highest BCUT2D eigenvalue weighted by Gasteiger charge is 2.55. The third-order valence-corrected chi connectivity index (χ3v) is 7.51. The molecule has 1 saturated carbocycles. The number of hydrogen-bond acceptors (Lipinski definition) is 3. The van der Waals surface area contributed by atoms with E-state index in [0.717, 1.165) is 17.3 Å². The Bertz CT molecular complexity index is 558. The van der Waals surface area contributed by atoms with Gasteiger partial charge in [-0.15, -0.1) is 0 Å². The van der Waals surface area contributed by atoms with E-state index in [1.807, 2.05) is 6.92 Å². The van der Waals surface area contributed by atoms with Crippen molar-refractivity contribution in [3.8, 4) is 0 Å². The summed E-state index contributed by atoms with van der Waals surface area (Å²) < 4.78 is 65.9. The molecule has 2 aliphatic carbocycles. The van der Waals surface area contributed by atoms with E-state index in [0.29, 0.717) is 24.7 Å². The van der Waals surface area contributed by atoms with E-state index >= 15 is 0 Å². The van der Waals surface area contributed by atoms with Crippen LogP contribution in [0.5, 0.6) is 0 Å². The smallest absolute Gasteiger partial charge is 0.380 e. The number of rotatable bonds is 4. The molecule has 4 atom stereocenters. The van der Waals surface area contributed by atoms with Gasteiger partial charge in [0.05, 0.1) is 0 Å². The molecule has 0 spiro atoms. The summed E-state index contributed by atoms with van der Waals surface area (Å²) >= 11 is 2.32. The van der Waals surface area contributed by atoms with Gasteiger partial charge in [0.1, 0.15) is 5.76 Å². The predicted molar refractivity (Wildman–Crippen MR) is 85.7 cm³/mol. The zero-order valence-corrected chi connectivity index (χ0v) is 15.5. The Kier molecular flexibility index (Phi) is 5.12. The third-order valence-electron chi connectivity index (χ3n) is 5.16. The van der Waals surface area contributed by atoms with Gasteiger partial charge >= 0.3 is 15.6 Å². The first-order valence-electron chi connectivity index (χ1n) is 7.30. The number of alkyl halides is 4. The Morgan fingerprint density at radius 1 is 1.45 bits per heavy atom. The summed E-state index contributed by atoms with van der Waals surface area (Å²) in [5.74, 6) is 1.04. The molecule has 0 bridgehead atoms. The van der Waals surface area contributed by atoms with Crippen LogP contribution in [-0.4, -0.2) is 18.4 Å². The van der Waals surface area contributed by atoms with Crippen LogP contribution in [0.25, 0.3) is 0 Å². The average molecular weight is 452 g/mol. The van der Waals surface area contributed by atoms with Crippen molar-refractivity contribution in [3.63, 3.8) is 0 Å². The first-order chi connectivity index (χ1) is 10.0. The van der Waals surface area contributed by atoms with Crippen molar-refractivity contribution in [1.29, 1.82) is 0 Å². The summed E-state index contributed by atoms with van der Waals surface area (Å²) in [5.41, 5.74) is -5.99. The van der Waals surface area contributed by atoms with Crippen molar-refractivity contribution in [2.45, 2.75) is 45.0 Å². The molecule has 2 aliphatic rings. The molecule has 1 unspecified atom stereocenters. The van der Waals surface area contributed by atoms with Crippen LogP contribution >= 0.6 is 22.6 Å². The van der Waals surface area contributed by atoms with Gasteiger partial charge < -0.3 is 4.18 Å². The van der Waals surface area contributed by atoms with Crippen LogP contribution < -0.4 is 0 Å². The van der Waals surface area contributed by atoms with Crippen molar-refractivity contribution in [2.24, 2.45) is 23.2 Å². The van der Waals surface area contributed by atoms with Crippen LogP contribution in [0.4, 0.5) is 13.2 Å². The van der Waals surface area contributed by atoms with Gasteiger partial charge in [-0.3, -0.25) is 0 Å². The molecule has 3 nitrogen and oxygen atoms in total. The van der Waals surface area contributed by atoms with Crippen LogP contribution in [0.3, 0.4) is 0 Å². The minimum absolute atomic E-state index is 0.00997. The lowest BCUT2D eigenvalue weighted by Crippen LogP contribution is -2.36. The van der Waals surface area contributed by atoms with Crippen LogP contribution in [0.1, 0.15) is 39.5 Å². The first-order valence-corrected chi connectivity index (χ1v) is 10.2. The van der Waals surface area contributed by atoms with Gasteiger partial charge in [0.2, 0.25) is 0 Å². The van der Waals surface area contributed by atoms with Crippen molar-refractivity contribution in [2.75, 3.05) is 4.43 Å². The summed E-state index contributed by atoms with van der Waals surface area (Å²) in [7, 11) is -5.59. The molecule has 0 aromatic carbocycles. The lowest BCUT2D eigenvalue weighted by atomic mass is 9.68. The van der Waals surface area contributed by atoms with E-state index in [4.69, 9.17) is 0 Å². The molecule has 0 amide bonds. The number of fused-ring (bicyclic) bond motifs is 1. The maximum Gasteiger partial charge on any atom is 0.534 e. The molecule has 8 heteroatoms. The fourth-order valence-corrected chi connectivity index (χ4v) is 5.12. The highest BCUT2D eigenvalue weighted by molar-refractivity contribution is 14.1. The van der Waals surface area contributed by atoms with Crippen molar-refractivity contribution in [1.82, 2.24) is 0 Å². The standard InChI is InChI=1S/C14H20F3IO3S/c1-9(8-18)10-6-7-13(2)11(10)4-3-5-12(13)21-22(19,20)14(15,16)17/h5,9-11H,3-4,6-8H2,1-2H3/t9-,10+,11?,13-/m0/s1. The van der Waals surface area contributed by atoms with Gasteiger partial charge in [0, 0.05) is 9.84 Å². The van der Waals surface area contributed by atoms with Gasteiger partial charge in [0.25, 0.3) is 0 Å². The molecule has 0 saturated heterocycles. The van der Waals surface area contributed by atoms with Crippen LogP contribution in [-0.2, 0) is 14.3 Å². The quantitative estimate of drug-likeness (QED) is 0.270. The summed E-state index contributed by atoms with van der Waals surface area (Å²) in [6, 6.07) is 0. The minimum atomic E-state index is -5.59. The van der Waals surface area contributed by atoms with Gasteiger partial charge in [-0.1, -0.05) is 36.4 Å². The lowest BCUT2D eigenvalue weighted by molar-refractivity contribution is -0.0540. The topological polar surface area (TPSA) is 43.4 Å². The van der Waals surface area contributed by atoms with E-state index in [9.17, 15) is 21.6 Å². The summed E-state index contributed by atoms with van der Waals surface area (Å²) in [5, 5.41) is 0. The highest BCUT2D eigenvalue weighted by Crippen LogP contribution is 2.58. The number of allylic oxidation sites excluding steroid dienone is 2. The van der Waals surface area contributed by atoms with E-state index in [-0.39, 0.29) is 11.7 Å². The average Bonchev–Trinajstić information content (AvgIpc) is 2.75. The molecule has 0 aromatic rings. The Hall–Kier alpha value is 0.0100. The lowest BCUT2D eigenvalue weighted by Gasteiger charge is -2.39. The third kappa shape index (κ3) is 3.14. The van der Waals surface area contributed by atoms with Crippen LogP contribution in [0.2, 0.25) is 0 Å². The monoisotopic (exact) mass is 452 g/mol. The summed E-state index contributed by atoms with van der Waals surface area (Å²) in [4.78, 5) is 0. The second-order valence-corrected chi connectivity index (χ2v) is 8.91. The van der Waals surface area contributed by atoms with Crippen molar-refractivity contribution >= 4 is 32.7 Å². The molecule has 128 valence electrons. The molecule has 0 heterocycles. The maximum atomic E-state index is 12.6. The Morgan fingerprint density at radius 3 is 2.64 bits per heavy atom. The number of hydrogen-bond donors (Lipinski definition) is 0. The molecule has 0 radical (unpaired) electrons. The van der Waals surface area contributed by atoms with E-state index in [2.05, 4.69) is 33.7 Å². The molecule has 0 N–H and O–H groups in total. The molecule has 0 aliphatic heterocycles. The molecule has 22 heavy (non-hydrogen) atoms. The van der Waals surface area contributed by atoms with Gasteiger partial charge in [-0.25, -0.2) is 0 Å². The van der Waals surface area contributed by atoms with Crippen molar-refractivity contribution in [3.05, 3.63) is 11.8 Å². The molecular formula is C14H20F3IO3S. The molecule has 0 aromatic heterocycles. The van der Waals surface area contributed by atoms with Crippen LogP contribution in [0.15, 0.2) is 11.8 Å². The highest BCUT2D eigenvalue weighted by atomic mass is 127. The fraction of sp³-hybridized carbons (Fsp3) is 0.857. The van der Waals surface area contributed by atoms with Crippen molar-refractivity contribution < 1.29 is 25.8 Å². The van der Waals surface area contributed by atoms with E-state index in [1.54, 1.807) is 0 Å². The maximum absolute atomic E-state index is 12.6. The van der Waals surface area contributed by atoms with Gasteiger partial charge in [-0.05, 0) is 49.5 Å². The van der Waals surface area contributed by atoms with E-state index in [1.165, 1.54) is 6.08 Å². The predicted octanol–water partition coefficient (Wildman–Crippen LogP) is 4.63. The van der Waals surface area contributed by atoms with Gasteiger partial charge in [-0.2, -0.15) is 21.6 Å². The molecule has 1 fully saturated rings. The second-order valence-electron chi connectivity index (χ2n) is 6.49. The summed E-state index contributed by atoms with van der Waals surface area (Å²) in [6.07, 6.45) is 4.53. The summed E-state index contributed by atoms with van der Waals surface area (Å²) in [6.45, 7) is 3.99. The zero-order chi connectivity index (χ0) is 16.8. The first kappa shape index (κ1) is 18.4. The Labute approximate surface area is 142 Å². The minimum Gasteiger partial charge on any atom is -0.380 e. The molecule has 2 rings (SSSR count). The Morgan fingerprint density at radius 2 is 2.09 bits per heavy atom. The molecular weight excluding hydrogens is 432 g/mol. The second kappa shape index (κ2) is 6.14. The number of halogens is 4. The fourth-order valence-electron chi connectivity index (χ4n) is 3.88. The van der Waals surface area contributed by atoms with E-state index < -0.39 is 21.0 Å². The Balaban J connectivity index is 2.27. The SMILES string of the molecule is C[C@@H](CI)[C@H]1CC[C@]2(C)C(OS(=O)(=O)C(F)(F)F)=CCCC12. The normalized spacial score (nSPS) is 34.0. The zero-order valence-electron chi connectivity index (χ0n) is 12.5. The largest absolute Gasteiger partial charge is 0.534 e. The van der Waals surface area contributed by atoms with Gasteiger partial charge in [0.15, 0.2) is 0 Å².